The molecule has 0 saturated carbocycles. The van der Waals surface area contributed by atoms with Crippen molar-refractivity contribution in [3.05, 3.63) is 70.5 Å². The minimum Gasteiger partial charge on any atom is -0.293 e. The highest BCUT2D eigenvalue weighted by Crippen LogP contribution is 2.34. The van der Waals surface area contributed by atoms with Crippen LogP contribution in [0.2, 0.25) is 0 Å². The van der Waals surface area contributed by atoms with Crippen LogP contribution < -0.4 is 0 Å². The number of rotatable bonds is 8. The summed E-state index contributed by atoms with van der Waals surface area (Å²) in [6.07, 6.45) is 0.775. The number of hydrogen-bond donors (Lipinski definition) is 0. The molecule has 0 spiro atoms. The summed E-state index contributed by atoms with van der Waals surface area (Å²) < 4.78 is 38.6. The van der Waals surface area contributed by atoms with E-state index in [2.05, 4.69) is 23.8 Å². The maximum absolute atomic E-state index is 12.9. The molecule has 0 aliphatic rings. The van der Waals surface area contributed by atoms with Crippen molar-refractivity contribution in [2.24, 2.45) is 5.92 Å². The first-order valence-corrected chi connectivity index (χ1v) is 11.0. The Kier molecular flexibility index (Phi) is 7.26. The van der Waals surface area contributed by atoms with Crippen molar-refractivity contribution in [1.82, 2.24) is 9.97 Å². The van der Waals surface area contributed by atoms with Crippen molar-refractivity contribution in [2.45, 2.75) is 52.1 Å². The summed E-state index contributed by atoms with van der Waals surface area (Å²) in [7, 11) is 0. The minimum absolute atomic E-state index is 0.0193. The lowest BCUT2D eigenvalue weighted by Gasteiger charge is -2.20. The average molecular weight is 447 g/mol. The van der Waals surface area contributed by atoms with E-state index >= 15 is 0 Å². The number of halogens is 3. The van der Waals surface area contributed by atoms with Gasteiger partial charge in [-0.25, -0.2) is 4.98 Å². The number of carbonyl (C=O) groups is 1. The number of thiazole rings is 1. The molecule has 3 aromatic rings. The molecule has 0 bridgehead atoms. The summed E-state index contributed by atoms with van der Waals surface area (Å²) in [6, 6.07) is 9.06. The van der Waals surface area contributed by atoms with Gasteiger partial charge in [0.1, 0.15) is 5.01 Å². The number of Topliss-reactive ketones (excluding diaryl/α,β-unsaturated/α-hetero) is 1. The van der Waals surface area contributed by atoms with Gasteiger partial charge in [-0.15, -0.1) is 11.3 Å². The summed E-state index contributed by atoms with van der Waals surface area (Å²) in [6.45, 7) is 5.98. The van der Waals surface area contributed by atoms with Crippen LogP contribution in [0.25, 0.3) is 10.6 Å². The Morgan fingerprint density at radius 1 is 1.13 bits per heavy atom. The van der Waals surface area contributed by atoms with Crippen molar-refractivity contribution < 1.29 is 18.0 Å². The predicted molar refractivity (Wildman–Crippen MR) is 117 cm³/mol. The molecule has 31 heavy (non-hydrogen) atoms. The molecule has 0 aliphatic carbocycles. The molecular weight excluding hydrogens is 421 g/mol. The number of pyridine rings is 1. The van der Waals surface area contributed by atoms with E-state index in [1.165, 1.54) is 11.3 Å². The van der Waals surface area contributed by atoms with Crippen LogP contribution in [0.1, 0.15) is 65.5 Å². The van der Waals surface area contributed by atoms with Gasteiger partial charge in [-0.2, -0.15) is 13.2 Å². The highest BCUT2D eigenvalue weighted by atomic mass is 32.1. The quantitative estimate of drug-likeness (QED) is 0.340. The summed E-state index contributed by atoms with van der Waals surface area (Å²) >= 11 is 1.36. The number of alkyl halides is 3. The number of carbonyl (C=O) groups excluding carboxylic acids is 1. The second-order valence-corrected chi connectivity index (χ2v) is 9.08. The molecule has 2 aromatic heterocycles. The number of aryl methyl sites for hydroxylation is 1. The van der Waals surface area contributed by atoms with E-state index in [9.17, 15) is 18.0 Å². The van der Waals surface area contributed by atoms with E-state index in [-0.39, 0.29) is 11.7 Å². The standard InChI is InChI=1S/C24H25F3N2OS/c1-15(2)13-18(17-6-9-20(10-7-17)24(25,26)27)8-11-21(30)22-16(3)29-23(31-22)19-5-4-12-28-14-19/h4-7,9-10,12,14-15,18H,8,11,13H2,1-3H3. The van der Waals surface area contributed by atoms with Crippen LogP contribution in [-0.2, 0) is 6.18 Å². The van der Waals surface area contributed by atoms with Crippen LogP contribution in [0.15, 0.2) is 48.8 Å². The number of benzene rings is 1. The Bertz CT molecular complexity index is 1010. The van der Waals surface area contributed by atoms with Crippen LogP contribution in [0.4, 0.5) is 13.2 Å². The van der Waals surface area contributed by atoms with Gasteiger partial charge in [0, 0.05) is 24.4 Å². The molecule has 0 amide bonds. The molecule has 0 radical (unpaired) electrons. The second kappa shape index (κ2) is 9.73. The van der Waals surface area contributed by atoms with Gasteiger partial charge in [-0.3, -0.25) is 9.78 Å². The Morgan fingerprint density at radius 3 is 2.42 bits per heavy atom. The van der Waals surface area contributed by atoms with Gasteiger partial charge in [0.05, 0.1) is 16.1 Å². The summed E-state index contributed by atoms with van der Waals surface area (Å²) in [5, 5.41) is 0.760. The normalized spacial score (nSPS) is 12.9. The lowest BCUT2D eigenvalue weighted by atomic mass is 9.85. The summed E-state index contributed by atoms with van der Waals surface area (Å²) in [5.74, 6) is 0.410. The van der Waals surface area contributed by atoms with Crippen molar-refractivity contribution in [2.75, 3.05) is 0 Å². The van der Waals surface area contributed by atoms with Gasteiger partial charge in [0.25, 0.3) is 0 Å². The number of aromatic nitrogens is 2. The van der Waals surface area contributed by atoms with Gasteiger partial charge in [0.15, 0.2) is 5.78 Å². The van der Waals surface area contributed by atoms with Gasteiger partial charge in [-0.05, 0) is 61.4 Å². The van der Waals surface area contributed by atoms with Crippen LogP contribution in [0.5, 0.6) is 0 Å². The van der Waals surface area contributed by atoms with Crippen molar-refractivity contribution in [1.29, 1.82) is 0 Å². The van der Waals surface area contributed by atoms with Crippen molar-refractivity contribution >= 4 is 17.1 Å². The lowest BCUT2D eigenvalue weighted by molar-refractivity contribution is -0.137. The van der Waals surface area contributed by atoms with Crippen molar-refractivity contribution in [3.63, 3.8) is 0 Å². The fraction of sp³-hybridized carbons (Fsp3) is 0.375. The number of hydrogen-bond acceptors (Lipinski definition) is 4. The van der Waals surface area contributed by atoms with Crippen molar-refractivity contribution in [3.8, 4) is 10.6 Å². The lowest BCUT2D eigenvalue weighted by Crippen LogP contribution is -2.09. The topological polar surface area (TPSA) is 42.9 Å². The molecule has 0 aliphatic heterocycles. The third-order valence-corrected chi connectivity index (χ3v) is 6.39. The molecule has 3 nitrogen and oxygen atoms in total. The maximum atomic E-state index is 12.9. The first-order valence-electron chi connectivity index (χ1n) is 10.2. The molecule has 0 saturated heterocycles. The Labute approximate surface area is 184 Å². The molecule has 0 N–H and O–H groups in total. The zero-order chi connectivity index (χ0) is 22.6. The molecule has 1 atom stereocenters. The average Bonchev–Trinajstić information content (AvgIpc) is 3.12. The first kappa shape index (κ1) is 23.1. The number of nitrogens with zero attached hydrogens (tertiary/aromatic N) is 2. The van der Waals surface area contributed by atoms with E-state index in [1.807, 2.05) is 19.1 Å². The zero-order valence-electron chi connectivity index (χ0n) is 17.7. The fourth-order valence-corrected chi connectivity index (χ4v) is 4.64. The Hall–Kier alpha value is -2.54. The number of ketones is 1. The second-order valence-electron chi connectivity index (χ2n) is 8.08. The summed E-state index contributed by atoms with van der Waals surface area (Å²) in [4.78, 5) is 22.2. The van der Waals surface area contributed by atoms with Crippen LogP contribution in [0, 0.1) is 12.8 Å². The third kappa shape index (κ3) is 6.00. The molecule has 3 rings (SSSR count). The van der Waals surface area contributed by atoms with Crippen LogP contribution in [0.3, 0.4) is 0 Å². The van der Waals surface area contributed by atoms with Crippen LogP contribution in [-0.4, -0.2) is 15.8 Å². The Balaban J connectivity index is 1.73. The third-order valence-electron chi connectivity index (χ3n) is 5.14. The highest BCUT2D eigenvalue weighted by Gasteiger charge is 2.30. The largest absolute Gasteiger partial charge is 0.416 e. The maximum Gasteiger partial charge on any atom is 0.416 e. The van der Waals surface area contributed by atoms with E-state index in [0.29, 0.717) is 29.3 Å². The summed E-state index contributed by atoms with van der Waals surface area (Å²) in [5.41, 5.74) is 1.76. The molecule has 0 fully saturated rings. The molecule has 2 heterocycles. The molecular formula is C24H25F3N2OS. The van der Waals surface area contributed by atoms with Gasteiger partial charge in [-0.1, -0.05) is 26.0 Å². The van der Waals surface area contributed by atoms with Gasteiger partial charge >= 0.3 is 6.18 Å². The minimum atomic E-state index is -4.35. The zero-order valence-corrected chi connectivity index (χ0v) is 18.6. The Morgan fingerprint density at radius 2 is 1.84 bits per heavy atom. The van der Waals surface area contributed by atoms with Crippen LogP contribution >= 0.6 is 11.3 Å². The van der Waals surface area contributed by atoms with E-state index in [4.69, 9.17) is 0 Å². The SMILES string of the molecule is Cc1nc(-c2cccnc2)sc1C(=O)CCC(CC(C)C)c1ccc(C(F)(F)F)cc1. The predicted octanol–water partition coefficient (Wildman–Crippen LogP) is 7.33. The van der Waals surface area contributed by atoms with Gasteiger partial charge in [0.2, 0.25) is 0 Å². The molecule has 1 unspecified atom stereocenters. The smallest absolute Gasteiger partial charge is 0.293 e. The monoisotopic (exact) mass is 446 g/mol. The highest BCUT2D eigenvalue weighted by molar-refractivity contribution is 7.17. The fourth-order valence-electron chi connectivity index (χ4n) is 3.62. The van der Waals surface area contributed by atoms with Gasteiger partial charge < -0.3 is 0 Å². The van der Waals surface area contributed by atoms with E-state index in [1.54, 1.807) is 24.5 Å². The van der Waals surface area contributed by atoms with E-state index in [0.717, 1.165) is 34.7 Å². The first-order chi connectivity index (χ1) is 14.6. The van der Waals surface area contributed by atoms with E-state index < -0.39 is 11.7 Å². The molecule has 1 aromatic carbocycles. The molecule has 7 heteroatoms. The molecule has 164 valence electrons.